The van der Waals surface area contributed by atoms with E-state index >= 15 is 0 Å². The largest absolute Gasteiger partial charge is 0.375 e. The molecule has 0 aliphatic carbocycles. The second-order valence-electron chi connectivity index (χ2n) is 3.38. The highest BCUT2D eigenvalue weighted by atomic mass is 16.5. The van der Waals surface area contributed by atoms with Gasteiger partial charge in [0.25, 0.3) is 0 Å². The van der Waals surface area contributed by atoms with Gasteiger partial charge in [0.1, 0.15) is 6.61 Å². The SMILES string of the molecule is COCC(=O)Nc1cccc2cnccc12. The Morgan fingerprint density at radius 1 is 1.44 bits per heavy atom. The Morgan fingerprint density at radius 2 is 2.31 bits per heavy atom. The lowest BCUT2D eigenvalue weighted by Gasteiger charge is -2.07. The van der Waals surface area contributed by atoms with Gasteiger partial charge in [0.15, 0.2) is 0 Å². The molecule has 0 aliphatic heterocycles. The van der Waals surface area contributed by atoms with Gasteiger partial charge >= 0.3 is 0 Å². The summed E-state index contributed by atoms with van der Waals surface area (Å²) in [6.07, 6.45) is 3.47. The topological polar surface area (TPSA) is 51.2 Å². The van der Waals surface area contributed by atoms with Crippen molar-refractivity contribution in [3.05, 3.63) is 36.7 Å². The zero-order chi connectivity index (χ0) is 11.4. The maximum Gasteiger partial charge on any atom is 0.250 e. The first-order valence-electron chi connectivity index (χ1n) is 4.93. The summed E-state index contributed by atoms with van der Waals surface area (Å²) in [4.78, 5) is 15.4. The summed E-state index contributed by atoms with van der Waals surface area (Å²) in [5.74, 6) is -0.160. The van der Waals surface area contributed by atoms with Crippen LogP contribution < -0.4 is 5.32 Å². The smallest absolute Gasteiger partial charge is 0.250 e. The van der Waals surface area contributed by atoms with Crippen molar-refractivity contribution in [2.45, 2.75) is 0 Å². The number of anilines is 1. The van der Waals surface area contributed by atoms with Crippen LogP contribution in [0.1, 0.15) is 0 Å². The van der Waals surface area contributed by atoms with E-state index in [0.29, 0.717) is 0 Å². The molecule has 0 aliphatic rings. The number of rotatable bonds is 3. The third-order valence-electron chi connectivity index (χ3n) is 2.23. The van der Waals surface area contributed by atoms with Gasteiger partial charge in [-0.3, -0.25) is 9.78 Å². The number of methoxy groups -OCH3 is 1. The lowest BCUT2D eigenvalue weighted by Crippen LogP contribution is -2.17. The number of carbonyl (C=O) groups excluding carboxylic acids is 1. The molecule has 1 heterocycles. The third kappa shape index (κ3) is 2.17. The molecule has 0 saturated heterocycles. The summed E-state index contributed by atoms with van der Waals surface area (Å²) in [5.41, 5.74) is 0.780. The molecule has 2 rings (SSSR count). The fourth-order valence-corrected chi connectivity index (χ4v) is 1.55. The summed E-state index contributed by atoms with van der Waals surface area (Å²) < 4.78 is 4.76. The Morgan fingerprint density at radius 3 is 3.12 bits per heavy atom. The lowest BCUT2D eigenvalue weighted by molar-refractivity contribution is -0.119. The number of hydrogen-bond donors (Lipinski definition) is 1. The van der Waals surface area contributed by atoms with Gasteiger partial charge in [-0.05, 0) is 12.1 Å². The Bertz CT molecular complexity index is 506. The molecule has 0 spiro atoms. The highest BCUT2D eigenvalue weighted by molar-refractivity contribution is 6.02. The van der Waals surface area contributed by atoms with Gasteiger partial charge in [-0.2, -0.15) is 0 Å². The van der Waals surface area contributed by atoms with Gasteiger partial charge in [0.2, 0.25) is 5.91 Å². The van der Waals surface area contributed by atoms with E-state index in [9.17, 15) is 4.79 Å². The summed E-state index contributed by atoms with van der Waals surface area (Å²) >= 11 is 0. The first-order chi connectivity index (χ1) is 7.81. The molecule has 0 bridgehead atoms. The number of amides is 1. The predicted molar refractivity (Wildman–Crippen MR) is 62.2 cm³/mol. The van der Waals surface area contributed by atoms with Crippen LogP contribution in [0.4, 0.5) is 5.69 Å². The number of pyridine rings is 1. The minimum atomic E-state index is -0.160. The van der Waals surface area contributed by atoms with E-state index in [2.05, 4.69) is 10.3 Å². The van der Waals surface area contributed by atoms with E-state index in [1.165, 1.54) is 7.11 Å². The quantitative estimate of drug-likeness (QED) is 0.851. The molecule has 2 aromatic rings. The van der Waals surface area contributed by atoms with Crippen molar-refractivity contribution in [3.8, 4) is 0 Å². The van der Waals surface area contributed by atoms with Crippen molar-refractivity contribution in [1.82, 2.24) is 4.98 Å². The monoisotopic (exact) mass is 216 g/mol. The molecule has 1 aromatic carbocycles. The third-order valence-corrected chi connectivity index (χ3v) is 2.23. The van der Waals surface area contributed by atoms with Crippen LogP contribution >= 0.6 is 0 Å². The molecule has 0 fully saturated rings. The molecule has 1 amide bonds. The Labute approximate surface area is 93.3 Å². The zero-order valence-corrected chi connectivity index (χ0v) is 8.93. The van der Waals surface area contributed by atoms with E-state index in [1.54, 1.807) is 12.4 Å². The van der Waals surface area contributed by atoms with Crippen molar-refractivity contribution >= 4 is 22.4 Å². The van der Waals surface area contributed by atoms with E-state index in [1.807, 2.05) is 24.3 Å². The number of fused-ring (bicyclic) bond motifs is 1. The first kappa shape index (κ1) is 10.6. The molecule has 0 unspecified atom stereocenters. The van der Waals surface area contributed by atoms with Crippen LogP contribution in [0.15, 0.2) is 36.7 Å². The second-order valence-corrected chi connectivity index (χ2v) is 3.38. The van der Waals surface area contributed by atoms with Gasteiger partial charge < -0.3 is 10.1 Å². The number of aromatic nitrogens is 1. The van der Waals surface area contributed by atoms with Crippen LogP contribution in [0, 0.1) is 0 Å². The summed E-state index contributed by atoms with van der Waals surface area (Å²) in [6, 6.07) is 7.56. The van der Waals surface area contributed by atoms with Gasteiger partial charge in [-0.1, -0.05) is 12.1 Å². The van der Waals surface area contributed by atoms with Gasteiger partial charge in [0.05, 0.1) is 0 Å². The van der Waals surface area contributed by atoms with Crippen LogP contribution in [0.25, 0.3) is 10.8 Å². The second kappa shape index (κ2) is 4.72. The molecule has 1 aromatic heterocycles. The molecule has 0 atom stereocenters. The maximum absolute atomic E-state index is 11.4. The van der Waals surface area contributed by atoms with Crippen molar-refractivity contribution in [2.24, 2.45) is 0 Å². The number of carbonyl (C=O) groups is 1. The summed E-state index contributed by atoms with van der Waals surface area (Å²) in [6.45, 7) is 0.0570. The molecule has 0 radical (unpaired) electrons. The van der Waals surface area contributed by atoms with E-state index < -0.39 is 0 Å². The van der Waals surface area contributed by atoms with E-state index in [0.717, 1.165) is 16.5 Å². The van der Waals surface area contributed by atoms with Gasteiger partial charge in [0, 0.05) is 36.0 Å². The molecule has 0 saturated carbocycles. The number of nitrogens with one attached hydrogen (secondary N) is 1. The summed E-state index contributed by atoms with van der Waals surface area (Å²) in [5, 5.41) is 4.77. The molecular weight excluding hydrogens is 204 g/mol. The van der Waals surface area contributed by atoms with Crippen LogP contribution in [-0.2, 0) is 9.53 Å². The van der Waals surface area contributed by atoms with Crippen LogP contribution in [0.2, 0.25) is 0 Å². The number of nitrogens with zero attached hydrogens (tertiary/aromatic N) is 1. The van der Waals surface area contributed by atoms with E-state index in [4.69, 9.17) is 4.74 Å². The highest BCUT2D eigenvalue weighted by Gasteiger charge is 2.04. The molecular formula is C12H12N2O2. The van der Waals surface area contributed by atoms with Crippen molar-refractivity contribution in [3.63, 3.8) is 0 Å². The fourth-order valence-electron chi connectivity index (χ4n) is 1.55. The Kier molecular flexibility index (Phi) is 3.12. The molecule has 4 heteroatoms. The van der Waals surface area contributed by atoms with Crippen molar-refractivity contribution in [2.75, 3.05) is 19.0 Å². The first-order valence-corrected chi connectivity index (χ1v) is 4.93. The Hall–Kier alpha value is -1.94. The van der Waals surface area contributed by atoms with Crippen LogP contribution in [0.3, 0.4) is 0 Å². The average molecular weight is 216 g/mol. The minimum Gasteiger partial charge on any atom is -0.375 e. The fraction of sp³-hybridized carbons (Fsp3) is 0.167. The predicted octanol–water partition coefficient (Wildman–Crippen LogP) is 1.82. The number of ether oxygens (including phenoxy) is 1. The normalized spacial score (nSPS) is 10.3. The zero-order valence-electron chi connectivity index (χ0n) is 8.93. The van der Waals surface area contributed by atoms with E-state index in [-0.39, 0.29) is 12.5 Å². The molecule has 82 valence electrons. The molecule has 16 heavy (non-hydrogen) atoms. The molecule has 4 nitrogen and oxygen atoms in total. The maximum atomic E-state index is 11.4. The highest BCUT2D eigenvalue weighted by Crippen LogP contribution is 2.21. The van der Waals surface area contributed by atoms with Crippen LogP contribution in [0.5, 0.6) is 0 Å². The minimum absolute atomic E-state index is 0.0570. The summed E-state index contributed by atoms with van der Waals surface area (Å²) in [7, 11) is 1.49. The number of benzene rings is 1. The van der Waals surface area contributed by atoms with Gasteiger partial charge in [-0.25, -0.2) is 0 Å². The van der Waals surface area contributed by atoms with Crippen LogP contribution in [-0.4, -0.2) is 24.6 Å². The van der Waals surface area contributed by atoms with Crippen molar-refractivity contribution < 1.29 is 9.53 Å². The number of hydrogen-bond acceptors (Lipinski definition) is 3. The van der Waals surface area contributed by atoms with Crippen molar-refractivity contribution in [1.29, 1.82) is 0 Å². The molecule has 1 N–H and O–H groups in total. The standard InChI is InChI=1S/C12H12N2O2/c1-16-8-12(15)14-11-4-2-3-9-7-13-6-5-10(9)11/h2-7H,8H2,1H3,(H,14,15). The van der Waals surface area contributed by atoms with Gasteiger partial charge in [-0.15, -0.1) is 0 Å². The lowest BCUT2D eigenvalue weighted by atomic mass is 10.1. The Balaban J connectivity index is 2.33. The average Bonchev–Trinajstić information content (AvgIpc) is 2.30.